The zero-order chi connectivity index (χ0) is 14.7. The first-order valence-corrected chi connectivity index (χ1v) is 6.32. The summed E-state index contributed by atoms with van der Waals surface area (Å²) >= 11 is 5.76. The Kier molecular flexibility index (Phi) is 4.10. The topological polar surface area (TPSA) is 65.2 Å². The minimum atomic E-state index is -0.494. The van der Waals surface area contributed by atoms with Crippen molar-refractivity contribution in [2.24, 2.45) is 0 Å². The van der Waals surface area contributed by atoms with Gasteiger partial charge in [-0.1, -0.05) is 11.6 Å². The van der Waals surface area contributed by atoms with E-state index in [-0.39, 0.29) is 5.56 Å². The maximum Gasteiger partial charge on any atom is 0.261 e. The molecule has 2 aromatic rings. The van der Waals surface area contributed by atoms with Crippen molar-refractivity contribution in [2.45, 2.75) is 0 Å². The van der Waals surface area contributed by atoms with E-state index in [1.165, 1.54) is 12.3 Å². The Morgan fingerprint density at radius 3 is 2.50 bits per heavy atom. The standard InChI is InChI=1S/C14H14ClN3O2/c1-18(2)11-5-3-10(4-6-11)17-14(20)12-7-9(15)8-16-13(12)19/h3-8H,1-2H3,(H,16,19)(H,17,20). The number of amides is 1. The van der Waals surface area contributed by atoms with Gasteiger partial charge in [0.05, 0.1) is 5.02 Å². The van der Waals surface area contributed by atoms with Crippen molar-refractivity contribution in [2.75, 3.05) is 24.3 Å². The monoisotopic (exact) mass is 291 g/mol. The smallest absolute Gasteiger partial charge is 0.261 e. The summed E-state index contributed by atoms with van der Waals surface area (Å²) in [5, 5.41) is 2.96. The lowest BCUT2D eigenvalue weighted by Crippen LogP contribution is -2.22. The van der Waals surface area contributed by atoms with E-state index in [9.17, 15) is 9.59 Å². The number of pyridine rings is 1. The molecule has 0 fully saturated rings. The normalized spacial score (nSPS) is 10.2. The number of aromatic amines is 1. The van der Waals surface area contributed by atoms with Crippen LogP contribution in [0.15, 0.2) is 41.3 Å². The first-order chi connectivity index (χ1) is 9.47. The Hall–Kier alpha value is -2.27. The highest BCUT2D eigenvalue weighted by Gasteiger charge is 2.11. The second kappa shape index (κ2) is 5.79. The molecule has 0 unspecified atom stereocenters. The van der Waals surface area contributed by atoms with Gasteiger partial charge in [0.1, 0.15) is 5.56 Å². The third-order valence-corrected chi connectivity index (χ3v) is 2.97. The van der Waals surface area contributed by atoms with Crippen molar-refractivity contribution in [3.05, 3.63) is 57.5 Å². The van der Waals surface area contributed by atoms with Crippen LogP contribution in [0, 0.1) is 0 Å². The molecule has 0 aliphatic rings. The molecule has 1 heterocycles. The highest BCUT2D eigenvalue weighted by molar-refractivity contribution is 6.30. The molecule has 0 aliphatic carbocycles. The molecule has 104 valence electrons. The Morgan fingerprint density at radius 1 is 1.25 bits per heavy atom. The quantitative estimate of drug-likeness (QED) is 0.912. The Labute approximate surface area is 121 Å². The SMILES string of the molecule is CN(C)c1ccc(NC(=O)c2cc(Cl)c[nH]c2=O)cc1. The molecule has 0 aliphatic heterocycles. The van der Waals surface area contributed by atoms with Gasteiger partial charge in [0.25, 0.3) is 11.5 Å². The number of hydrogen-bond acceptors (Lipinski definition) is 3. The molecule has 0 spiro atoms. The molecular formula is C14H14ClN3O2. The first kappa shape index (κ1) is 14.1. The molecule has 20 heavy (non-hydrogen) atoms. The van der Waals surface area contributed by atoms with Crippen molar-refractivity contribution in [3.63, 3.8) is 0 Å². The second-order valence-corrected chi connectivity index (χ2v) is 4.89. The van der Waals surface area contributed by atoms with Crippen LogP contribution in [0.4, 0.5) is 11.4 Å². The van der Waals surface area contributed by atoms with Crippen LogP contribution in [0.1, 0.15) is 10.4 Å². The lowest BCUT2D eigenvalue weighted by atomic mass is 10.2. The number of H-pyrrole nitrogens is 1. The number of anilines is 2. The van der Waals surface area contributed by atoms with Crippen molar-refractivity contribution in [1.29, 1.82) is 0 Å². The van der Waals surface area contributed by atoms with Gasteiger partial charge in [-0.2, -0.15) is 0 Å². The van der Waals surface area contributed by atoms with E-state index in [1.54, 1.807) is 12.1 Å². The third kappa shape index (κ3) is 3.19. The number of rotatable bonds is 3. The zero-order valence-electron chi connectivity index (χ0n) is 11.1. The molecule has 2 rings (SSSR count). The highest BCUT2D eigenvalue weighted by Crippen LogP contribution is 2.16. The fourth-order valence-electron chi connectivity index (χ4n) is 1.67. The fourth-order valence-corrected chi connectivity index (χ4v) is 1.83. The molecule has 0 radical (unpaired) electrons. The molecule has 1 amide bonds. The van der Waals surface area contributed by atoms with Gasteiger partial charge in [-0.05, 0) is 30.3 Å². The summed E-state index contributed by atoms with van der Waals surface area (Å²) in [4.78, 5) is 27.9. The minimum absolute atomic E-state index is 0.0193. The number of nitrogens with one attached hydrogen (secondary N) is 2. The summed E-state index contributed by atoms with van der Waals surface area (Å²) in [6.07, 6.45) is 1.34. The van der Waals surface area contributed by atoms with Crippen LogP contribution >= 0.6 is 11.6 Å². The van der Waals surface area contributed by atoms with Gasteiger partial charge < -0.3 is 15.2 Å². The Balaban J connectivity index is 2.19. The van der Waals surface area contributed by atoms with Crippen molar-refractivity contribution in [1.82, 2.24) is 4.98 Å². The summed E-state index contributed by atoms with van der Waals surface area (Å²) in [5.41, 5.74) is 1.13. The lowest BCUT2D eigenvalue weighted by molar-refractivity contribution is 0.102. The van der Waals surface area contributed by atoms with Gasteiger partial charge in [0.15, 0.2) is 0 Å². The molecule has 1 aromatic carbocycles. The predicted molar refractivity (Wildman–Crippen MR) is 80.8 cm³/mol. The summed E-state index contributed by atoms with van der Waals surface area (Å²) < 4.78 is 0. The van der Waals surface area contributed by atoms with E-state index in [4.69, 9.17) is 11.6 Å². The van der Waals surface area contributed by atoms with Crippen LogP contribution in [-0.4, -0.2) is 25.0 Å². The largest absolute Gasteiger partial charge is 0.378 e. The fraction of sp³-hybridized carbons (Fsp3) is 0.143. The highest BCUT2D eigenvalue weighted by atomic mass is 35.5. The number of nitrogens with zero attached hydrogens (tertiary/aromatic N) is 1. The minimum Gasteiger partial charge on any atom is -0.378 e. The average Bonchev–Trinajstić information content (AvgIpc) is 2.42. The molecule has 0 atom stereocenters. The average molecular weight is 292 g/mol. The van der Waals surface area contributed by atoms with Crippen LogP contribution in [-0.2, 0) is 0 Å². The lowest BCUT2D eigenvalue weighted by Gasteiger charge is -2.13. The Bertz CT molecular complexity index is 678. The van der Waals surface area contributed by atoms with Crippen molar-refractivity contribution in [3.8, 4) is 0 Å². The van der Waals surface area contributed by atoms with E-state index in [0.717, 1.165) is 5.69 Å². The van der Waals surface area contributed by atoms with E-state index >= 15 is 0 Å². The summed E-state index contributed by atoms with van der Waals surface area (Å²) in [5.74, 6) is -0.494. The van der Waals surface area contributed by atoms with E-state index in [0.29, 0.717) is 10.7 Å². The van der Waals surface area contributed by atoms with Crippen LogP contribution in [0.25, 0.3) is 0 Å². The van der Waals surface area contributed by atoms with Gasteiger partial charge in [0, 0.05) is 31.7 Å². The number of hydrogen-bond donors (Lipinski definition) is 2. The number of carbonyl (C=O) groups is 1. The molecule has 1 aromatic heterocycles. The van der Waals surface area contributed by atoms with Crippen LogP contribution in [0.3, 0.4) is 0 Å². The number of carbonyl (C=O) groups excluding carboxylic acids is 1. The van der Waals surface area contributed by atoms with E-state index in [1.807, 2.05) is 31.1 Å². The Morgan fingerprint density at radius 2 is 1.90 bits per heavy atom. The summed E-state index contributed by atoms with van der Waals surface area (Å²) in [6, 6.07) is 8.62. The molecule has 2 N–H and O–H groups in total. The van der Waals surface area contributed by atoms with Gasteiger partial charge in [-0.3, -0.25) is 9.59 Å². The van der Waals surface area contributed by atoms with Crippen molar-refractivity contribution < 1.29 is 4.79 Å². The predicted octanol–water partition coefficient (Wildman–Crippen LogP) is 2.35. The van der Waals surface area contributed by atoms with Crippen LogP contribution < -0.4 is 15.8 Å². The number of halogens is 1. The third-order valence-electron chi connectivity index (χ3n) is 2.75. The van der Waals surface area contributed by atoms with Gasteiger partial charge in [-0.15, -0.1) is 0 Å². The molecule has 0 saturated carbocycles. The molecular weight excluding hydrogens is 278 g/mol. The summed E-state index contributed by atoms with van der Waals surface area (Å²) in [7, 11) is 3.86. The molecule has 0 bridgehead atoms. The van der Waals surface area contributed by atoms with Gasteiger partial charge in [0.2, 0.25) is 0 Å². The van der Waals surface area contributed by atoms with Gasteiger partial charge >= 0.3 is 0 Å². The maximum atomic E-state index is 12.0. The summed E-state index contributed by atoms with van der Waals surface area (Å²) in [6.45, 7) is 0. The van der Waals surface area contributed by atoms with E-state index in [2.05, 4.69) is 10.3 Å². The number of aromatic nitrogens is 1. The maximum absolute atomic E-state index is 12.0. The van der Waals surface area contributed by atoms with Gasteiger partial charge in [-0.25, -0.2) is 0 Å². The van der Waals surface area contributed by atoms with Crippen LogP contribution in [0.5, 0.6) is 0 Å². The second-order valence-electron chi connectivity index (χ2n) is 4.46. The number of benzene rings is 1. The zero-order valence-corrected chi connectivity index (χ0v) is 11.9. The van der Waals surface area contributed by atoms with Crippen LogP contribution in [0.2, 0.25) is 5.02 Å². The van der Waals surface area contributed by atoms with E-state index < -0.39 is 11.5 Å². The van der Waals surface area contributed by atoms with Crippen molar-refractivity contribution >= 4 is 28.9 Å². The molecule has 0 saturated heterocycles. The molecule has 5 nitrogen and oxygen atoms in total. The first-order valence-electron chi connectivity index (χ1n) is 5.94. The molecule has 6 heteroatoms.